The summed E-state index contributed by atoms with van der Waals surface area (Å²) in [6, 6.07) is 6.79. The number of methoxy groups -OCH3 is 1. The van der Waals surface area contributed by atoms with Crippen LogP contribution in [0.25, 0.3) is 0 Å². The lowest BCUT2D eigenvalue weighted by atomic mass is 9.95. The number of ether oxygens (including phenoxy) is 2. The third-order valence-corrected chi connectivity index (χ3v) is 3.49. The number of carboxylic acid groups (broad SMARTS) is 1. The fourth-order valence-electron chi connectivity index (χ4n) is 2.23. The van der Waals surface area contributed by atoms with Crippen molar-refractivity contribution < 1.29 is 24.2 Å². The van der Waals surface area contributed by atoms with Gasteiger partial charge in [-0.05, 0) is 38.1 Å². The van der Waals surface area contributed by atoms with Gasteiger partial charge in [0.2, 0.25) is 0 Å². The molecule has 1 aromatic carbocycles. The highest BCUT2D eigenvalue weighted by Gasteiger charge is 2.48. The Morgan fingerprint density at radius 1 is 1.36 bits per heavy atom. The van der Waals surface area contributed by atoms with E-state index in [2.05, 4.69) is 5.10 Å². The number of carbonyl (C=O) groups excluding carboxylic acids is 1. The SMILES string of the molecule is CCOC(=O)C1=NN(c2ccc(OC)cc2)[C@](C)(C(=O)O)C1. The van der Waals surface area contributed by atoms with Crippen LogP contribution in [0.2, 0.25) is 0 Å². The van der Waals surface area contributed by atoms with Crippen molar-refractivity contribution in [3.63, 3.8) is 0 Å². The molecule has 1 aliphatic rings. The van der Waals surface area contributed by atoms with Gasteiger partial charge in [0.15, 0.2) is 5.54 Å². The number of hydrogen-bond acceptors (Lipinski definition) is 6. The van der Waals surface area contributed by atoms with Crippen LogP contribution in [-0.2, 0) is 14.3 Å². The van der Waals surface area contributed by atoms with E-state index in [0.717, 1.165) is 0 Å². The van der Waals surface area contributed by atoms with E-state index in [1.54, 1.807) is 38.3 Å². The highest BCUT2D eigenvalue weighted by Crippen LogP contribution is 2.34. The van der Waals surface area contributed by atoms with Crippen LogP contribution in [0.15, 0.2) is 29.4 Å². The number of esters is 1. The summed E-state index contributed by atoms with van der Waals surface area (Å²) in [6.45, 7) is 3.42. The predicted molar refractivity (Wildman–Crippen MR) is 80.2 cm³/mol. The maximum absolute atomic E-state index is 11.8. The Kier molecular flexibility index (Phi) is 4.35. The summed E-state index contributed by atoms with van der Waals surface area (Å²) in [4.78, 5) is 23.5. The number of carboxylic acids is 1. The normalized spacial score (nSPS) is 20.5. The summed E-state index contributed by atoms with van der Waals surface area (Å²) in [7, 11) is 1.54. The van der Waals surface area contributed by atoms with Crippen LogP contribution in [0, 0.1) is 0 Å². The van der Waals surface area contributed by atoms with Gasteiger partial charge in [0, 0.05) is 6.42 Å². The average molecular weight is 306 g/mol. The van der Waals surface area contributed by atoms with E-state index in [4.69, 9.17) is 9.47 Å². The fourth-order valence-corrected chi connectivity index (χ4v) is 2.23. The molecule has 0 fully saturated rings. The molecule has 2 rings (SSSR count). The van der Waals surface area contributed by atoms with Gasteiger partial charge in [-0.1, -0.05) is 0 Å². The molecule has 1 atom stereocenters. The van der Waals surface area contributed by atoms with Crippen LogP contribution in [0.5, 0.6) is 5.75 Å². The largest absolute Gasteiger partial charge is 0.497 e. The molecular weight excluding hydrogens is 288 g/mol. The Morgan fingerprint density at radius 2 is 2.00 bits per heavy atom. The third-order valence-electron chi connectivity index (χ3n) is 3.49. The molecule has 22 heavy (non-hydrogen) atoms. The Balaban J connectivity index is 2.38. The van der Waals surface area contributed by atoms with Crippen LogP contribution in [0.3, 0.4) is 0 Å². The maximum Gasteiger partial charge on any atom is 0.354 e. The summed E-state index contributed by atoms with van der Waals surface area (Å²) >= 11 is 0. The molecule has 7 nitrogen and oxygen atoms in total. The molecular formula is C15H18N2O5. The predicted octanol–water partition coefficient (Wildman–Crippen LogP) is 1.67. The van der Waals surface area contributed by atoms with Crippen LogP contribution < -0.4 is 9.75 Å². The minimum absolute atomic E-state index is 0.0206. The standard InChI is InChI=1S/C15H18N2O5/c1-4-22-13(18)12-9-15(2,14(19)20)17(16-12)10-5-7-11(21-3)8-6-10/h5-8H,4,9H2,1-3H3,(H,19,20)/t15-/m0/s1. The highest BCUT2D eigenvalue weighted by molar-refractivity contribution is 6.38. The third kappa shape index (κ3) is 2.74. The molecule has 0 aliphatic carbocycles. The van der Waals surface area contributed by atoms with Gasteiger partial charge < -0.3 is 14.6 Å². The first kappa shape index (κ1) is 15.8. The van der Waals surface area contributed by atoms with Crippen molar-refractivity contribution in [2.24, 2.45) is 5.10 Å². The lowest BCUT2D eigenvalue weighted by molar-refractivity contribution is -0.142. The van der Waals surface area contributed by atoms with Crippen molar-refractivity contribution in [1.82, 2.24) is 0 Å². The minimum atomic E-state index is -1.34. The van der Waals surface area contributed by atoms with Crippen LogP contribution >= 0.6 is 0 Å². The van der Waals surface area contributed by atoms with E-state index in [-0.39, 0.29) is 18.7 Å². The van der Waals surface area contributed by atoms with E-state index in [9.17, 15) is 14.7 Å². The molecule has 0 amide bonds. The molecule has 118 valence electrons. The molecule has 7 heteroatoms. The van der Waals surface area contributed by atoms with E-state index in [1.165, 1.54) is 11.9 Å². The summed E-state index contributed by atoms with van der Waals surface area (Å²) in [5.74, 6) is -1.01. The number of aliphatic carboxylic acids is 1. The maximum atomic E-state index is 11.8. The van der Waals surface area contributed by atoms with Crippen molar-refractivity contribution in [2.75, 3.05) is 18.7 Å². The second kappa shape index (κ2) is 6.05. The first-order valence-electron chi connectivity index (χ1n) is 6.84. The van der Waals surface area contributed by atoms with Crippen molar-refractivity contribution in [3.05, 3.63) is 24.3 Å². The fraction of sp³-hybridized carbons (Fsp3) is 0.400. The van der Waals surface area contributed by atoms with Gasteiger partial charge in [0.25, 0.3) is 0 Å². The molecule has 0 aromatic heterocycles. The number of anilines is 1. The van der Waals surface area contributed by atoms with Crippen molar-refractivity contribution >= 4 is 23.3 Å². The van der Waals surface area contributed by atoms with Gasteiger partial charge in [0.05, 0.1) is 19.4 Å². The second-order valence-electron chi connectivity index (χ2n) is 5.03. The summed E-state index contributed by atoms with van der Waals surface area (Å²) < 4.78 is 9.99. The number of rotatable bonds is 5. The molecule has 1 aromatic rings. The molecule has 1 N–H and O–H groups in total. The average Bonchev–Trinajstić information content (AvgIpc) is 2.87. The van der Waals surface area contributed by atoms with E-state index < -0.39 is 17.5 Å². The van der Waals surface area contributed by atoms with Gasteiger partial charge in [-0.2, -0.15) is 5.10 Å². The Morgan fingerprint density at radius 3 is 2.50 bits per heavy atom. The number of carbonyl (C=O) groups is 2. The first-order chi connectivity index (χ1) is 10.4. The first-order valence-corrected chi connectivity index (χ1v) is 6.84. The van der Waals surface area contributed by atoms with Gasteiger partial charge >= 0.3 is 11.9 Å². The second-order valence-corrected chi connectivity index (χ2v) is 5.03. The summed E-state index contributed by atoms with van der Waals surface area (Å²) in [6.07, 6.45) is -0.0206. The van der Waals surface area contributed by atoms with Gasteiger partial charge in [-0.25, -0.2) is 14.6 Å². The quantitative estimate of drug-likeness (QED) is 0.832. The van der Waals surface area contributed by atoms with Crippen molar-refractivity contribution in [1.29, 1.82) is 0 Å². The van der Waals surface area contributed by atoms with Crippen LogP contribution in [0.4, 0.5) is 5.69 Å². The Bertz CT molecular complexity index is 611. The zero-order valence-electron chi connectivity index (χ0n) is 12.7. The number of nitrogens with zero attached hydrogens (tertiary/aromatic N) is 2. The van der Waals surface area contributed by atoms with E-state index in [0.29, 0.717) is 11.4 Å². The monoisotopic (exact) mass is 306 g/mol. The van der Waals surface area contributed by atoms with Crippen molar-refractivity contribution in [2.45, 2.75) is 25.8 Å². The molecule has 0 spiro atoms. The Hall–Kier alpha value is -2.57. The molecule has 0 radical (unpaired) electrons. The molecule has 0 saturated carbocycles. The molecule has 1 aliphatic heterocycles. The molecule has 1 heterocycles. The van der Waals surface area contributed by atoms with Gasteiger partial charge in [0.1, 0.15) is 11.5 Å². The lowest BCUT2D eigenvalue weighted by Crippen LogP contribution is -2.47. The zero-order valence-corrected chi connectivity index (χ0v) is 12.7. The topological polar surface area (TPSA) is 88.4 Å². The number of hydrogen-bond donors (Lipinski definition) is 1. The zero-order chi connectivity index (χ0) is 16.3. The van der Waals surface area contributed by atoms with Crippen LogP contribution in [-0.4, -0.2) is 42.0 Å². The summed E-state index contributed by atoms with van der Waals surface area (Å²) in [5, 5.41) is 15.0. The number of benzene rings is 1. The molecule has 0 bridgehead atoms. The van der Waals surface area contributed by atoms with Gasteiger partial charge in [-0.15, -0.1) is 0 Å². The minimum Gasteiger partial charge on any atom is -0.497 e. The Labute approximate surface area is 128 Å². The molecule has 0 unspecified atom stereocenters. The lowest BCUT2D eigenvalue weighted by Gasteiger charge is -2.30. The van der Waals surface area contributed by atoms with Gasteiger partial charge in [-0.3, -0.25) is 0 Å². The van der Waals surface area contributed by atoms with E-state index in [1.807, 2.05) is 0 Å². The van der Waals surface area contributed by atoms with Crippen molar-refractivity contribution in [3.8, 4) is 5.75 Å². The van der Waals surface area contributed by atoms with E-state index >= 15 is 0 Å². The van der Waals surface area contributed by atoms with Crippen LogP contribution in [0.1, 0.15) is 20.3 Å². The number of hydrazone groups is 1. The summed E-state index contributed by atoms with van der Waals surface area (Å²) in [5.41, 5.74) is -0.677. The highest BCUT2D eigenvalue weighted by atomic mass is 16.5. The molecule has 0 saturated heterocycles. The smallest absolute Gasteiger partial charge is 0.354 e.